The average Bonchev–Trinajstić information content (AvgIpc) is 3.48. The van der Waals surface area contributed by atoms with E-state index in [9.17, 15) is 4.79 Å². The lowest BCUT2D eigenvalue weighted by molar-refractivity contribution is -0.0597. The molecule has 2 atom stereocenters. The van der Waals surface area contributed by atoms with Crippen LogP contribution < -0.4 is 10.1 Å². The maximum Gasteiger partial charge on any atom is 0.262 e. The van der Waals surface area contributed by atoms with E-state index >= 15 is 0 Å². The molecule has 4 aromatic heterocycles. The third-order valence-electron chi connectivity index (χ3n) is 6.13. The summed E-state index contributed by atoms with van der Waals surface area (Å²) in [4.78, 5) is 27.0. The summed E-state index contributed by atoms with van der Waals surface area (Å²) < 4.78 is 21.2. The molecule has 0 unspecified atom stereocenters. The molecule has 2 bridgehead atoms. The lowest BCUT2D eigenvalue weighted by atomic mass is 9.93. The molecule has 176 valence electrons. The number of fused-ring (bicyclic) bond motifs is 4. The van der Waals surface area contributed by atoms with Crippen LogP contribution in [0.5, 0.6) is 5.88 Å². The van der Waals surface area contributed by atoms with Crippen molar-refractivity contribution in [3.05, 3.63) is 47.8 Å². The standard InChI is InChI=1S/C23H25N7O4/c1-13(2)34-21-16(20(31)26-17-8-25-30-9-14(3)7-24-19(17)30)10-29-11-18(27-22(29)28-21)23-6-15(32-12-23)4-5-33-23/h7-11,13,15H,4-6,12H2,1-3H3,(H,26,31)/t15-,23+/m1/s1. The van der Waals surface area contributed by atoms with Crippen molar-refractivity contribution in [3.63, 3.8) is 0 Å². The van der Waals surface area contributed by atoms with Gasteiger partial charge in [0.1, 0.15) is 16.9 Å². The Morgan fingerprint density at radius 3 is 3.00 bits per heavy atom. The molecule has 11 nitrogen and oxygen atoms in total. The highest BCUT2D eigenvalue weighted by Crippen LogP contribution is 2.41. The van der Waals surface area contributed by atoms with Crippen LogP contribution in [0.2, 0.25) is 0 Å². The number of rotatable bonds is 5. The minimum absolute atomic E-state index is 0.179. The zero-order valence-corrected chi connectivity index (χ0v) is 19.2. The number of nitrogens with zero attached hydrogens (tertiary/aromatic N) is 6. The number of carbonyl (C=O) groups is 1. The molecule has 11 heteroatoms. The van der Waals surface area contributed by atoms with Crippen molar-refractivity contribution >= 4 is 23.0 Å². The zero-order valence-electron chi connectivity index (χ0n) is 19.2. The summed E-state index contributed by atoms with van der Waals surface area (Å²) in [5, 5.41) is 7.17. The first kappa shape index (κ1) is 21.0. The van der Waals surface area contributed by atoms with Crippen molar-refractivity contribution < 1.29 is 19.0 Å². The molecule has 0 radical (unpaired) electrons. The lowest BCUT2D eigenvalue weighted by Crippen LogP contribution is -2.34. The second-order valence-electron chi connectivity index (χ2n) is 9.14. The number of aromatic nitrogens is 6. The molecule has 1 amide bonds. The number of hydrogen-bond donors (Lipinski definition) is 1. The summed E-state index contributed by atoms with van der Waals surface area (Å²) in [5.74, 6) is 0.260. The zero-order chi connectivity index (χ0) is 23.4. The van der Waals surface area contributed by atoms with Crippen molar-refractivity contribution in [3.8, 4) is 5.88 Å². The quantitative estimate of drug-likeness (QED) is 0.480. The van der Waals surface area contributed by atoms with Crippen LogP contribution in [0.25, 0.3) is 11.4 Å². The predicted octanol–water partition coefficient (Wildman–Crippen LogP) is 2.52. The lowest BCUT2D eigenvalue weighted by Gasteiger charge is -2.29. The largest absolute Gasteiger partial charge is 0.474 e. The maximum atomic E-state index is 13.3. The van der Waals surface area contributed by atoms with Crippen molar-refractivity contribution in [2.75, 3.05) is 18.5 Å². The third-order valence-corrected chi connectivity index (χ3v) is 6.13. The van der Waals surface area contributed by atoms with Gasteiger partial charge in [0, 0.05) is 31.2 Å². The number of imidazole rings is 1. The van der Waals surface area contributed by atoms with E-state index in [1.165, 1.54) is 0 Å². The Labute approximate surface area is 195 Å². The summed E-state index contributed by atoms with van der Waals surface area (Å²) in [5.41, 5.74) is 2.46. The Morgan fingerprint density at radius 2 is 2.15 bits per heavy atom. The maximum absolute atomic E-state index is 13.3. The van der Waals surface area contributed by atoms with Gasteiger partial charge in [0.25, 0.3) is 5.91 Å². The highest BCUT2D eigenvalue weighted by Gasteiger charge is 2.47. The minimum Gasteiger partial charge on any atom is -0.474 e. The van der Waals surface area contributed by atoms with E-state index in [2.05, 4.69) is 20.4 Å². The van der Waals surface area contributed by atoms with E-state index in [0.717, 1.165) is 24.1 Å². The number of anilines is 1. The van der Waals surface area contributed by atoms with Gasteiger partial charge in [-0.25, -0.2) is 14.5 Å². The van der Waals surface area contributed by atoms with Crippen LogP contribution in [0.15, 0.2) is 31.0 Å². The summed E-state index contributed by atoms with van der Waals surface area (Å²) in [7, 11) is 0. The molecule has 6 rings (SSSR count). The Hall–Kier alpha value is -3.57. The molecule has 0 spiro atoms. The van der Waals surface area contributed by atoms with E-state index in [1.807, 2.05) is 33.2 Å². The van der Waals surface area contributed by atoms with Gasteiger partial charge < -0.3 is 19.5 Å². The van der Waals surface area contributed by atoms with Gasteiger partial charge in [-0.15, -0.1) is 0 Å². The highest BCUT2D eigenvalue weighted by molar-refractivity contribution is 6.07. The third kappa shape index (κ3) is 3.48. The number of amides is 1. The topological polar surface area (TPSA) is 117 Å². The fraction of sp³-hybridized carbons (Fsp3) is 0.435. The first-order chi connectivity index (χ1) is 16.4. The van der Waals surface area contributed by atoms with Crippen molar-refractivity contribution in [1.29, 1.82) is 0 Å². The monoisotopic (exact) mass is 463 g/mol. The van der Waals surface area contributed by atoms with E-state index in [0.29, 0.717) is 30.3 Å². The first-order valence-corrected chi connectivity index (χ1v) is 11.3. The van der Waals surface area contributed by atoms with Crippen molar-refractivity contribution in [2.24, 2.45) is 0 Å². The summed E-state index contributed by atoms with van der Waals surface area (Å²) in [6.45, 7) is 6.79. The van der Waals surface area contributed by atoms with Gasteiger partial charge >= 0.3 is 0 Å². The normalized spacial score (nSPS) is 22.1. The van der Waals surface area contributed by atoms with E-state index in [1.54, 1.807) is 27.5 Å². The number of aryl methyl sites for hydroxylation is 1. The van der Waals surface area contributed by atoms with E-state index in [-0.39, 0.29) is 29.6 Å². The molecule has 2 aliphatic heterocycles. The molecule has 0 aliphatic carbocycles. The second kappa shape index (κ2) is 7.74. The Bertz CT molecular complexity index is 1410. The molecular formula is C23H25N7O4. The van der Waals surface area contributed by atoms with Crippen LogP contribution in [0.3, 0.4) is 0 Å². The average molecular weight is 463 g/mol. The Morgan fingerprint density at radius 1 is 1.26 bits per heavy atom. The van der Waals surface area contributed by atoms with Gasteiger partial charge in [0.15, 0.2) is 5.65 Å². The van der Waals surface area contributed by atoms with Crippen molar-refractivity contribution in [1.82, 2.24) is 29.0 Å². The molecule has 0 aromatic carbocycles. The number of nitrogens with one attached hydrogen (secondary N) is 1. The van der Waals surface area contributed by atoms with Crippen LogP contribution in [0.1, 0.15) is 48.3 Å². The molecule has 34 heavy (non-hydrogen) atoms. The second-order valence-corrected chi connectivity index (χ2v) is 9.14. The molecule has 2 aliphatic rings. The molecule has 4 aromatic rings. The Balaban J connectivity index is 1.38. The number of carbonyl (C=O) groups excluding carboxylic acids is 1. The molecular weight excluding hydrogens is 438 g/mol. The van der Waals surface area contributed by atoms with E-state index < -0.39 is 5.60 Å². The highest BCUT2D eigenvalue weighted by atomic mass is 16.6. The summed E-state index contributed by atoms with van der Waals surface area (Å²) >= 11 is 0. The fourth-order valence-electron chi connectivity index (χ4n) is 4.50. The molecule has 2 fully saturated rings. The Kier molecular flexibility index (Phi) is 4.78. The van der Waals surface area contributed by atoms with Crippen LogP contribution in [-0.2, 0) is 15.1 Å². The minimum atomic E-state index is -0.570. The molecule has 1 N–H and O–H groups in total. The van der Waals surface area contributed by atoms with Crippen LogP contribution in [0.4, 0.5) is 5.69 Å². The van der Waals surface area contributed by atoms with Gasteiger partial charge in [-0.1, -0.05) is 0 Å². The molecule has 2 saturated heterocycles. The number of ether oxygens (including phenoxy) is 3. The first-order valence-electron chi connectivity index (χ1n) is 11.3. The number of hydrogen-bond acceptors (Lipinski definition) is 8. The van der Waals surface area contributed by atoms with Crippen LogP contribution >= 0.6 is 0 Å². The molecule has 6 heterocycles. The van der Waals surface area contributed by atoms with Gasteiger partial charge in [-0.3, -0.25) is 9.20 Å². The summed E-state index contributed by atoms with van der Waals surface area (Å²) in [6.07, 6.45) is 10.3. The van der Waals surface area contributed by atoms with Gasteiger partial charge in [-0.05, 0) is 32.8 Å². The predicted molar refractivity (Wildman–Crippen MR) is 121 cm³/mol. The summed E-state index contributed by atoms with van der Waals surface area (Å²) in [6, 6.07) is 0. The van der Waals surface area contributed by atoms with Gasteiger partial charge in [0.05, 0.1) is 37.3 Å². The smallest absolute Gasteiger partial charge is 0.262 e. The van der Waals surface area contributed by atoms with Gasteiger partial charge in [-0.2, -0.15) is 10.1 Å². The van der Waals surface area contributed by atoms with Gasteiger partial charge in [0.2, 0.25) is 11.7 Å². The van der Waals surface area contributed by atoms with E-state index in [4.69, 9.17) is 19.2 Å². The SMILES string of the molecule is Cc1cnc2c(NC(=O)c3cn4cc([C@]56CO[C@H](CCO5)C6)nc4nc3OC(C)C)cnn2c1. The molecule has 0 saturated carbocycles. The fourth-order valence-corrected chi connectivity index (χ4v) is 4.50. The van der Waals surface area contributed by atoms with Crippen LogP contribution in [0, 0.1) is 6.92 Å². The van der Waals surface area contributed by atoms with Crippen molar-refractivity contribution in [2.45, 2.75) is 51.4 Å². The van der Waals surface area contributed by atoms with Crippen LogP contribution in [-0.4, -0.2) is 60.3 Å².